The average Bonchev–Trinajstić information content (AvgIpc) is 3.06. The average molecular weight is 398 g/mol. The molecule has 2 N–H and O–H groups in total. The van der Waals surface area contributed by atoms with E-state index in [9.17, 15) is 0 Å². The molecule has 2 heterocycles. The predicted molar refractivity (Wildman–Crippen MR) is 115 cm³/mol. The summed E-state index contributed by atoms with van der Waals surface area (Å²) in [6.07, 6.45) is 6.71. The Morgan fingerprint density at radius 2 is 1.82 bits per heavy atom. The first kappa shape index (κ1) is 19.4. The number of aromatic nitrogens is 3. The zero-order chi connectivity index (χ0) is 19.7. The van der Waals surface area contributed by atoms with Crippen LogP contribution in [0.4, 0.5) is 0 Å². The largest absolute Gasteiger partial charge is 0.340 e. The minimum Gasteiger partial charge on any atom is -0.340 e. The summed E-state index contributed by atoms with van der Waals surface area (Å²) in [4.78, 5) is 4.80. The second-order valence-corrected chi connectivity index (χ2v) is 9.35. The lowest BCUT2D eigenvalue weighted by Crippen LogP contribution is -2.88. The van der Waals surface area contributed by atoms with E-state index in [1.807, 2.05) is 22.9 Å². The maximum atomic E-state index is 6.63. The van der Waals surface area contributed by atoms with Crippen molar-refractivity contribution < 1.29 is 5.32 Å². The maximum Gasteiger partial charge on any atom is 0.164 e. The smallest absolute Gasteiger partial charge is 0.164 e. The number of hydrogen-bond acceptors (Lipinski definition) is 2. The van der Waals surface area contributed by atoms with Gasteiger partial charge in [0, 0.05) is 16.4 Å². The second-order valence-electron chi connectivity index (χ2n) is 8.99. The molecule has 28 heavy (non-hydrogen) atoms. The predicted octanol–water partition coefficient (Wildman–Crippen LogP) is 4.77. The molecule has 0 saturated heterocycles. The fourth-order valence-corrected chi connectivity index (χ4v) is 4.38. The van der Waals surface area contributed by atoms with Crippen LogP contribution < -0.4 is 5.32 Å². The van der Waals surface area contributed by atoms with Crippen LogP contribution in [0.5, 0.6) is 0 Å². The Kier molecular flexibility index (Phi) is 5.44. The summed E-state index contributed by atoms with van der Waals surface area (Å²) >= 11 is 6.63. The minimum atomic E-state index is -0.0713. The van der Waals surface area contributed by atoms with Crippen LogP contribution in [0.2, 0.25) is 5.15 Å². The number of pyridine rings is 1. The Morgan fingerprint density at radius 3 is 2.50 bits per heavy atom. The highest BCUT2D eigenvalue weighted by Crippen LogP contribution is 2.32. The van der Waals surface area contributed by atoms with Gasteiger partial charge in [0.1, 0.15) is 11.7 Å². The van der Waals surface area contributed by atoms with E-state index in [1.54, 1.807) is 0 Å². The molecule has 0 spiro atoms. The van der Waals surface area contributed by atoms with Gasteiger partial charge in [-0.25, -0.2) is 9.67 Å². The van der Waals surface area contributed by atoms with E-state index in [0.29, 0.717) is 5.15 Å². The molecule has 4 rings (SSSR count). The quantitative estimate of drug-likeness (QED) is 0.644. The lowest BCUT2D eigenvalue weighted by molar-refractivity contribution is -0.706. The van der Waals surface area contributed by atoms with E-state index < -0.39 is 0 Å². The second kappa shape index (κ2) is 7.84. The van der Waals surface area contributed by atoms with Gasteiger partial charge in [0.2, 0.25) is 0 Å². The summed E-state index contributed by atoms with van der Waals surface area (Å²) in [6, 6.07) is 13.1. The molecule has 0 aliphatic heterocycles. The van der Waals surface area contributed by atoms with Crippen LogP contribution in [0.1, 0.15) is 64.1 Å². The third kappa shape index (κ3) is 3.94. The van der Waals surface area contributed by atoms with Crippen LogP contribution in [0, 0.1) is 0 Å². The molecule has 3 aromatic rings. The third-order valence-electron chi connectivity index (χ3n) is 5.72. The first-order valence-electron chi connectivity index (χ1n) is 10.4. The lowest BCUT2D eigenvalue weighted by atomic mass is 9.90. The number of nitrogens with zero attached hydrogens (tertiary/aromatic N) is 3. The number of nitrogens with two attached hydrogens (primary N) is 1. The van der Waals surface area contributed by atoms with Gasteiger partial charge in [-0.05, 0) is 43.9 Å². The molecule has 1 aliphatic carbocycles. The molecule has 1 aromatic carbocycles. The van der Waals surface area contributed by atoms with Crippen molar-refractivity contribution in [2.45, 2.75) is 70.9 Å². The van der Waals surface area contributed by atoms with E-state index in [2.05, 4.69) is 44.3 Å². The van der Waals surface area contributed by atoms with E-state index in [0.717, 1.165) is 40.6 Å². The Bertz CT molecular complexity index is 950. The summed E-state index contributed by atoms with van der Waals surface area (Å²) in [5.74, 6) is 0. The molecule has 0 unspecified atom stereocenters. The molecule has 5 heteroatoms. The topological polar surface area (TPSA) is 47.3 Å². The van der Waals surface area contributed by atoms with Gasteiger partial charge in [-0.3, -0.25) is 0 Å². The fraction of sp³-hybridized carbons (Fsp3) is 0.478. The SMILES string of the molecule is CC(C)(C)c1nn(-c2ccccc2)c2nc(Cl)c(C[NH2+]C3CCCCC3)cc12. The van der Waals surface area contributed by atoms with Crippen LogP contribution in [-0.2, 0) is 12.0 Å². The minimum absolute atomic E-state index is 0.0713. The van der Waals surface area contributed by atoms with Crippen LogP contribution in [0.25, 0.3) is 16.7 Å². The van der Waals surface area contributed by atoms with Crippen molar-refractivity contribution in [2.24, 2.45) is 0 Å². The molecule has 4 nitrogen and oxygen atoms in total. The Labute approximate surface area is 172 Å². The van der Waals surface area contributed by atoms with Gasteiger partial charge in [-0.2, -0.15) is 5.10 Å². The van der Waals surface area contributed by atoms with E-state index in [4.69, 9.17) is 21.7 Å². The number of para-hydroxylation sites is 1. The number of benzene rings is 1. The molecule has 1 saturated carbocycles. The van der Waals surface area contributed by atoms with E-state index >= 15 is 0 Å². The van der Waals surface area contributed by atoms with Gasteiger partial charge in [0.25, 0.3) is 0 Å². The van der Waals surface area contributed by atoms with Crippen molar-refractivity contribution in [3.05, 3.63) is 52.8 Å². The van der Waals surface area contributed by atoms with Gasteiger partial charge in [0.15, 0.2) is 5.65 Å². The molecule has 0 atom stereocenters. The highest BCUT2D eigenvalue weighted by Gasteiger charge is 2.25. The van der Waals surface area contributed by atoms with Crippen molar-refractivity contribution >= 4 is 22.6 Å². The Morgan fingerprint density at radius 1 is 1.11 bits per heavy atom. The molecule has 2 aromatic heterocycles. The zero-order valence-corrected chi connectivity index (χ0v) is 17.8. The summed E-state index contributed by atoms with van der Waals surface area (Å²) in [5.41, 5.74) is 3.95. The Hall–Kier alpha value is -1.91. The third-order valence-corrected chi connectivity index (χ3v) is 6.04. The number of hydrogen-bond donors (Lipinski definition) is 1. The van der Waals surface area contributed by atoms with Crippen LogP contribution in [0.15, 0.2) is 36.4 Å². The molecule has 148 valence electrons. The van der Waals surface area contributed by atoms with Gasteiger partial charge in [0.05, 0.1) is 17.4 Å². The molecule has 0 amide bonds. The Balaban J connectivity index is 1.74. The lowest BCUT2D eigenvalue weighted by Gasteiger charge is -2.20. The molecule has 0 radical (unpaired) electrons. The highest BCUT2D eigenvalue weighted by atomic mass is 35.5. The molecular weight excluding hydrogens is 368 g/mol. The summed E-state index contributed by atoms with van der Waals surface area (Å²) in [5, 5.41) is 9.10. The summed E-state index contributed by atoms with van der Waals surface area (Å²) in [6.45, 7) is 7.48. The van der Waals surface area contributed by atoms with Gasteiger partial charge >= 0.3 is 0 Å². The first-order valence-corrected chi connectivity index (χ1v) is 10.8. The van der Waals surface area contributed by atoms with Crippen molar-refractivity contribution in [3.8, 4) is 5.69 Å². The number of rotatable bonds is 4. The highest BCUT2D eigenvalue weighted by molar-refractivity contribution is 6.30. The van der Waals surface area contributed by atoms with Gasteiger partial charge in [-0.1, -0.05) is 57.0 Å². The standard InChI is InChI=1S/C23H29ClN4/c1-23(2,3)20-19-14-16(15-25-17-10-6-4-7-11-17)21(24)26-22(19)28(27-20)18-12-8-5-9-13-18/h5,8-9,12-14,17,25H,4,6-7,10-11,15H2,1-3H3/p+1. The summed E-state index contributed by atoms with van der Waals surface area (Å²) < 4.78 is 1.93. The van der Waals surface area contributed by atoms with Crippen molar-refractivity contribution in [1.29, 1.82) is 0 Å². The van der Waals surface area contributed by atoms with Crippen molar-refractivity contribution in [1.82, 2.24) is 14.8 Å². The van der Waals surface area contributed by atoms with Crippen molar-refractivity contribution in [2.75, 3.05) is 0 Å². The van der Waals surface area contributed by atoms with Crippen molar-refractivity contribution in [3.63, 3.8) is 0 Å². The van der Waals surface area contributed by atoms with Crippen LogP contribution in [-0.4, -0.2) is 20.8 Å². The number of fused-ring (bicyclic) bond motifs is 1. The van der Waals surface area contributed by atoms with E-state index in [1.165, 1.54) is 32.1 Å². The summed E-state index contributed by atoms with van der Waals surface area (Å²) in [7, 11) is 0. The first-order chi connectivity index (χ1) is 13.4. The molecule has 1 fully saturated rings. The molecule has 1 aliphatic rings. The number of quaternary nitrogens is 1. The molecular formula is C23H30ClN4+. The van der Waals surface area contributed by atoms with Gasteiger partial charge < -0.3 is 5.32 Å². The fourth-order valence-electron chi connectivity index (χ4n) is 4.17. The zero-order valence-electron chi connectivity index (χ0n) is 17.1. The maximum absolute atomic E-state index is 6.63. The molecule has 0 bridgehead atoms. The monoisotopic (exact) mass is 397 g/mol. The number of halogens is 1. The van der Waals surface area contributed by atoms with Crippen LogP contribution in [0.3, 0.4) is 0 Å². The van der Waals surface area contributed by atoms with Crippen LogP contribution >= 0.6 is 11.6 Å². The van der Waals surface area contributed by atoms with E-state index in [-0.39, 0.29) is 5.41 Å². The normalized spacial score (nSPS) is 16.0. The van der Waals surface area contributed by atoms with Gasteiger partial charge in [-0.15, -0.1) is 0 Å².